The lowest BCUT2D eigenvalue weighted by Crippen LogP contribution is -2.49. The van der Waals surface area contributed by atoms with Crippen LogP contribution in [-0.4, -0.2) is 54.8 Å². The van der Waals surface area contributed by atoms with Crippen molar-refractivity contribution < 1.29 is 19.1 Å². The molecule has 1 aromatic heterocycles. The van der Waals surface area contributed by atoms with Crippen molar-refractivity contribution in [2.24, 2.45) is 0 Å². The topological polar surface area (TPSA) is 96.0 Å². The molecule has 9 heteroatoms. The van der Waals surface area contributed by atoms with E-state index in [0.717, 1.165) is 11.5 Å². The lowest BCUT2D eigenvalue weighted by atomic mass is 10.0. The second-order valence-corrected chi connectivity index (χ2v) is 9.11. The van der Waals surface area contributed by atoms with Gasteiger partial charge in [0.15, 0.2) is 11.5 Å². The number of hydrogen-bond donors (Lipinski definition) is 2. The minimum absolute atomic E-state index is 0.0229. The van der Waals surface area contributed by atoms with Crippen LogP contribution in [0.25, 0.3) is 0 Å². The number of pyridine rings is 1. The highest BCUT2D eigenvalue weighted by atomic mass is 16.7. The molecule has 186 valence electrons. The van der Waals surface area contributed by atoms with E-state index in [0.29, 0.717) is 54.8 Å². The van der Waals surface area contributed by atoms with Gasteiger partial charge in [0.2, 0.25) is 6.79 Å². The number of piperazine rings is 1. The molecule has 0 unspecified atom stereocenters. The number of nitrogens with one attached hydrogen (secondary N) is 2. The van der Waals surface area contributed by atoms with E-state index in [2.05, 4.69) is 34.4 Å². The van der Waals surface area contributed by atoms with E-state index in [1.165, 1.54) is 5.56 Å². The van der Waals surface area contributed by atoms with Crippen molar-refractivity contribution in [3.8, 4) is 11.5 Å². The van der Waals surface area contributed by atoms with Crippen LogP contribution in [0.3, 0.4) is 0 Å². The Morgan fingerprint density at radius 2 is 1.56 bits per heavy atom. The highest BCUT2D eigenvalue weighted by Crippen LogP contribution is 2.33. The summed E-state index contributed by atoms with van der Waals surface area (Å²) in [5.74, 6) is 2.50. The predicted octanol–water partition coefficient (Wildman–Crippen LogP) is 4.54. The molecular weight excluding hydrogens is 458 g/mol. The van der Waals surface area contributed by atoms with Crippen LogP contribution in [0, 0.1) is 0 Å². The molecule has 2 N–H and O–H groups in total. The fourth-order valence-corrected chi connectivity index (χ4v) is 4.24. The Morgan fingerprint density at radius 1 is 0.861 bits per heavy atom. The number of urea groups is 1. The van der Waals surface area contributed by atoms with Gasteiger partial charge in [0.25, 0.3) is 5.91 Å². The maximum Gasteiger partial charge on any atom is 0.323 e. The summed E-state index contributed by atoms with van der Waals surface area (Å²) in [5.41, 5.74) is 3.15. The molecule has 9 nitrogen and oxygen atoms in total. The van der Waals surface area contributed by atoms with Gasteiger partial charge in [0, 0.05) is 37.4 Å². The van der Waals surface area contributed by atoms with E-state index in [1.54, 1.807) is 24.4 Å². The first kappa shape index (κ1) is 23.5. The zero-order chi connectivity index (χ0) is 25.1. The minimum Gasteiger partial charge on any atom is -0.454 e. The van der Waals surface area contributed by atoms with E-state index in [1.807, 2.05) is 41.3 Å². The molecule has 1 fully saturated rings. The Balaban J connectivity index is 1.12. The second-order valence-electron chi connectivity index (χ2n) is 9.11. The van der Waals surface area contributed by atoms with Gasteiger partial charge in [-0.3, -0.25) is 4.79 Å². The van der Waals surface area contributed by atoms with Gasteiger partial charge >= 0.3 is 6.03 Å². The number of carbonyl (C=O) groups excluding carboxylic acids is 2. The Kier molecular flexibility index (Phi) is 6.62. The molecule has 1 saturated heterocycles. The molecular formula is C27H29N5O4. The number of benzene rings is 2. The van der Waals surface area contributed by atoms with Crippen molar-refractivity contribution in [1.29, 1.82) is 0 Å². The first-order valence-electron chi connectivity index (χ1n) is 12.0. The van der Waals surface area contributed by atoms with Crippen molar-refractivity contribution in [2.45, 2.75) is 19.8 Å². The summed E-state index contributed by atoms with van der Waals surface area (Å²) in [6, 6.07) is 16.5. The Hall–Kier alpha value is -4.27. The SMILES string of the molecule is CC(C)c1ccc(NC(=O)Nc2ccc(N3CCN(C(=O)c4ccc5c(c4)OCO5)CC3)nc2)cc1. The number of hydrogen-bond acceptors (Lipinski definition) is 6. The monoisotopic (exact) mass is 487 g/mol. The highest BCUT2D eigenvalue weighted by Gasteiger charge is 2.24. The van der Waals surface area contributed by atoms with Crippen LogP contribution in [-0.2, 0) is 0 Å². The quantitative estimate of drug-likeness (QED) is 0.549. The van der Waals surface area contributed by atoms with Gasteiger partial charge < -0.3 is 29.9 Å². The first-order chi connectivity index (χ1) is 17.5. The minimum atomic E-state index is -0.322. The molecule has 2 aromatic carbocycles. The van der Waals surface area contributed by atoms with Crippen LogP contribution in [0.15, 0.2) is 60.8 Å². The van der Waals surface area contributed by atoms with E-state index in [9.17, 15) is 9.59 Å². The number of aromatic nitrogens is 1. The van der Waals surface area contributed by atoms with E-state index in [4.69, 9.17) is 9.47 Å². The zero-order valence-electron chi connectivity index (χ0n) is 20.4. The third-order valence-electron chi connectivity index (χ3n) is 6.35. The number of fused-ring (bicyclic) bond motifs is 1. The fourth-order valence-electron chi connectivity index (χ4n) is 4.24. The molecule has 3 heterocycles. The number of nitrogens with zero attached hydrogens (tertiary/aromatic N) is 3. The van der Waals surface area contributed by atoms with Crippen molar-refractivity contribution >= 4 is 29.1 Å². The standard InChI is InChI=1S/C27H29N5O4/c1-18(2)19-3-6-21(7-4-19)29-27(34)30-22-8-10-25(28-16-22)31-11-13-32(14-12-31)26(33)20-5-9-23-24(15-20)36-17-35-23/h3-10,15-16,18H,11-14,17H2,1-2H3,(H2,29,30,34). The van der Waals surface area contributed by atoms with Crippen LogP contribution >= 0.6 is 0 Å². The summed E-state index contributed by atoms with van der Waals surface area (Å²) in [6.45, 7) is 6.97. The second kappa shape index (κ2) is 10.2. The molecule has 2 aliphatic rings. The summed E-state index contributed by atoms with van der Waals surface area (Å²) in [5, 5.41) is 5.65. The van der Waals surface area contributed by atoms with Crippen molar-refractivity contribution in [2.75, 3.05) is 48.5 Å². The number of ether oxygens (including phenoxy) is 2. The third-order valence-corrected chi connectivity index (χ3v) is 6.35. The van der Waals surface area contributed by atoms with Gasteiger partial charge in [0.05, 0.1) is 11.9 Å². The molecule has 0 atom stereocenters. The van der Waals surface area contributed by atoms with Crippen molar-refractivity contribution in [1.82, 2.24) is 9.88 Å². The largest absolute Gasteiger partial charge is 0.454 e. The third kappa shape index (κ3) is 5.19. The fraction of sp³-hybridized carbons (Fsp3) is 0.296. The molecule has 3 amide bonds. The summed E-state index contributed by atoms with van der Waals surface area (Å²) >= 11 is 0. The number of rotatable bonds is 5. The van der Waals surface area contributed by atoms with Crippen molar-refractivity contribution in [3.05, 3.63) is 71.9 Å². The molecule has 0 spiro atoms. The van der Waals surface area contributed by atoms with Gasteiger partial charge in [-0.1, -0.05) is 26.0 Å². The van der Waals surface area contributed by atoms with Gasteiger partial charge in [-0.2, -0.15) is 0 Å². The van der Waals surface area contributed by atoms with Gasteiger partial charge in [-0.05, 0) is 53.9 Å². The maximum atomic E-state index is 12.9. The van der Waals surface area contributed by atoms with Gasteiger partial charge in [-0.25, -0.2) is 9.78 Å². The van der Waals surface area contributed by atoms with Gasteiger partial charge in [-0.15, -0.1) is 0 Å². The normalized spacial score (nSPS) is 14.6. The van der Waals surface area contributed by atoms with Crippen molar-refractivity contribution in [3.63, 3.8) is 0 Å². The Labute approximate surface area is 210 Å². The van der Waals surface area contributed by atoms with Gasteiger partial charge in [0.1, 0.15) is 5.82 Å². The number of amides is 3. The first-order valence-corrected chi connectivity index (χ1v) is 12.0. The molecule has 2 aliphatic heterocycles. The summed E-state index contributed by atoms with van der Waals surface area (Å²) in [7, 11) is 0. The average Bonchev–Trinajstić information content (AvgIpc) is 3.37. The molecule has 0 bridgehead atoms. The lowest BCUT2D eigenvalue weighted by molar-refractivity contribution is 0.0746. The summed E-state index contributed by atoms with van der Waals surface area (Å²) in [4.78, 5) is 33.7. The van der Waals surface area contributed by atoms with E-state index in [-0.39, 0.29) is 18.7 Å². The predicted molar refractivity (Wildman–Crippen MR) is 138 cm³/mol. The van der Waals surface area contributed by atoms with Crippen LogP contribution in [0.2, 0.25) is 0 Å². The highest BCUT2D eigenvalue weighted by molar-refractivity contribution is 5.99. The maximum absolute atomic E-state index is 12.9. The summed E-state index contributed by atoms with van der Waals surface area (Å²) in [6.07, 6.45) is 1.64. The van der Waals surface area contributed by atoms with Crippen LogP contribution in [0.1, 0.15) is 35.7 Å². The molecule has 0 aliphatic carbocycles. The van der Waals surface area contributed by atoms with Crippen LogP contribution < -0.4 is 25.0 Å². The zero-order valence-corrected chi connectivity index (χ0v) is 20.4. The van der Waals surface area contributed by atoms with E-state index < -0.39 is 0 Å². The van der Waals surface area contributed by atoms with Crippen LogP contribution in [0.4, 0.5) is 22.0 Å². The Bertz CT molecular complexity index is 1240. The Morgan fingerprint density at radius 3 is 2.25 bits per heavy atom. The smallest absolute Gasteiger partial charge is 0.323 e. The molecule has 0 radical (unpaired) electrons. The molecule has 5 rings (SSSR count). The molecule has 3 aromatic rings. The average molecular weight is 488 g/mol. The van der Waals surface area contributed by atoms with E-state index >= 15 is 0 Å². The number of carbonyl (C=O) groups is 2. The number of anilines is 3. The molecule has 0 saturated carbocycles. The molecule has 36 heavy (non-hydrogen) atoms. The summed E-state index contributed by atoms with van der Waals surface area (Å²) < 4.78 is 10.7. The lowest BCUT2D eigenvalue weighted by Gasteiger charge is -2.35. The van der Waals surface area contributed by atoms with Crippen LogP contribution in [0.5, 0.6) is 11.5 Å².